The van der Waals surface area contributed by atoms with Crippen LogP contribution < -0.4 is 14.8 Å². The van der Waals surface area contributed by atoms with Gasteiger partial charge in [0.1, 0.15) is 24.2 Å². The Bertz CT molecular complexity index is 477. The fraction of sp³-hybridized carbons (Fsp3) is 0.684. The third-order valence-corrected chi connectivity index (χ3v) is 3.77. The minimum Gasteiger partial charge on any atom is -0.497 e. The SMILES string of the molecule is CNCC(O)COc1c(C(C)(C)C)cc(OC)cc1C(C)(C)C. The predicted molar refractivity (Wildman–Crippen MR) is 95.8 cm³/mol. The molecule has 0 aliphatic heterocycles. The van der Waals surface area contributed by atoms with Gasteiger partial charge >= 0.3 is 0 Å². The Hall–Kier alpha value is -1.26. The molecule has 0 fully saturated rings. The molecule has 1 unspecified atom stereocenters. The molecule has 132 valence electrons. The summed E-state index contributed by atoms with van der Waals surface area (Å²) in [4.78, 5) is 0. The second kappa shape index (κ2) is 7.54. The minimum atomic E-state index is -0.539. The van der Waals surface area contributed by atoms with E-state index in [1.165, 1.54) is 0 Å². The summed E-state index contributed by atoms with van der Waals surface area (Å²) in [6.07, 6.45) is -0.539. The third-order valence-electron chi connectivity index (χ3n) is 3.77. The number of ether oxygens (including phenoxy) is 2. The molecule has 1 rings (SSSR count). The number of aliphatic hydroxyl groups excluding tert-OH is 1. The van der Waals surface area contributed by atoms with Crippen LogP contribution in [0.25, 0.3) is 0 Å². The molecule has 2 N–H and O–H groups in total. The van der Waals surface area contributed by atoms with E-state index in [2.05, 4.69) is 46.9 Å². The van der Waals surface area contributed by atoms with Crippen molar-refractivity contribution in [1.82, 2.24) is 5.32 Å². The van der Waals surface area contributed by atoms with E-state index in [-0.39, 0.29) is 17.4 Å². The Balaban J connectivity index is 3.37. The minimum absolute atomic E-state index is 0.0855. The first-order chi connectivity index (χ1) is 10.5. The van der Waals surface area contributed by atoms with Crippen LogP contribution in [-0.4, -0.2) is 38.5 Å². The number of nitrogens with one attached hydrogen (secondary N) is 1. The fourth-order valence-electron chi connectivity index (χ4n) is 2.46. The lowest BCUT2D eigenvalue weighted by molar-refractivity contribution is 0.106. The predicted octanol–water partition coefficient (Wildman–Crippen LogP) is 3.25. The topological polar surface area (TPSA) is 50.7 Å². The summed E-state index contributed by atoms with van der Waals surface area (Å²) in [5.41, 5.74) is 2.02. The number of hydrogen-bond donors (Lipinski definition) is 2. The highest BCUT2D eigenvalue weighted by Gasteiger charge is 2.28. The Morgan fingerprint density at radius 3 is 1.87 bits per heavy atom. The van der Waals surface area contributed by atoms with Crippen LogP contribution in [0.2, 0.25) is 0 Å². The van der Waals surface area contributed by atoms with Crippen LogP contribution in [0.3, 0.4) is 0 Å². The summed E-state index contributed by atoms with van der Waals surface area (Å²) in [7, 11) is 3.50. The molecular formula is C19H33NO3. The highest BCUT2D eigenvalue weighted by atomic mass is 16.5. The van der Waals surface area contributed by atoms with Crippen LogP contribution in [0.1, 0.15) is 52.7 Å². The quantitative estimate of drug-likeness (QED) is 0.844. The van der Waals surface area contributed by atoms with Crippen molar-refractivity contribution in [3.8, 4) is 11.5 Å². The van der Waals surface area contributed by atoms with Gasteiger partial charge in [0.2, 0.25) is 0 Å². The number of likely N-dealkylation sites (N-methyl/N-ethyl adjacent to an activating group) is 1. The molecule has 4 heteroatoms. The van der Waals surface area contributed by atoms with E-state index in [1.807, 2.05) is 19.2 Å². The van der Waals surface area contributed by atoms with Gasteiger partial charge in [0.25, 0.3) is 0 Å². The summed E-state index contributed by atoms with van der Waals surface area (Å²) in [6.45, 7) is 13.7. The maximum absolute atomic E-state index is 9.99. The largest absolute Gasteiger partial charge is 0.497 e. The van der Waals surface area contributed by atoms with Gasteiger partial charge in [0.05, 0.1) is 7.11 Å². The van der Waals surface area contributed by atoms with Crippen LogP contribution in [0, 0.1) is 0 Å². The lowest BCUT2D eigenvalue weighted by Crippen LogP contribution is -2.30. The molecule has 0 aromatic heterocycles. The zero-order valence-corrected chi connectivity index (χ0v) is 15.9. The van der Waals surface area contributed by atoms with E-state index in [9.17, 15) is 5.11 Å². The van der Waals surface area contributed by atoms with Gasteiger partial charge in [-0.05, 0) is 30.0 Å². The van der Waals surface area contributed by atoms with E-state index in [4.69, 9.17) is 9.47 Å². The molecule has 1 atom stereocenters. The molecular weight excluding hydrogens is 290 g/mol. The normalized spacial score (nSPS) is 13.8. The van der Waals surface area contributed by atoms with Crippen LogP contribution in [-0.2, 0) is 10.8 Å². The summed E-state index contributed by atoms with van der Waals surface area (Å²) < 4.78 is 11.6. The number of aliphatic hydroxyl groups is 1. The Morgan fingerprint density at radius 1 is 1.04 bits per heavy atom. The molecule has 0 aliphatic rings. The molecule has 1 aromatic carbocycles. The monoisotopic (exact) mass is 323 g/mol. The van der Waals surface area contributed by atoms with Crippen LogP contribution in [0.15, 0.2) is 12.1 Å². The highest BCUT2D eigenvalue weighted by molar-refractivity contribution is 5.52. The number of methoxy groups -OCH3 is 1. The standard InChI is InChI=1S/C19H33NO3/c1-18(2,3)15-9-14(22-8)10-16(19(4,5)6)17(15)23-12-13(21)11-20-7/h9-10,13,20-21H,11-12H2,1-8H3. The van der Waals surface area contributed by atoms with E-state index >= 15 is 0 Å². The van der Waals surface area contributed by atoms with Crippen molar-refractivity contribution in [2.45, 2.75) is 58.5 Å². The van der Waals surface area contributed by atoms with E-state index in [0.29, 0.717) is 6.54 Å². The van der Waals surface area contributed by atoms with Crippen molar-refractivity contribution < 1.29 is 14.6 Å². The molecule has 0 aliphatic carbocycles. The number of benzene rings is 1. The lowest BCUT2D eigenvalue weighted by Gasteiger charge is -2.30. The van der Waals surface area contributed by atoms with Gasteiger partial charge in [-0.1, -0.05) is 41.5 Å². The highest BCUT2D eigenvalue weighted by Crippen LogP contribution is 2.42. The molecule has 0 saturated heterocycles. The van der Waals surface area contributed by atoms with Crippen molar-refractivity contribution in [1.29, 1.82) is 0 Å². The molecule has 0 amide bonds. The molecule has 0 saturated carbocycles. The van der Waals surface area contributed by atoms with Gasteiger partial charge in [-0.2, -0.15) is 0 Å². The van der Waals surface area contributed by atoms with Gasteiger partial charge < -0.3 is 19.9 Å². The summed E-state index contributed by atoms with van der Waals surface area (Å²) in [5, 5.41) is 12.9. The average molecular weight is 323 g/mol. The van der Waals surface area contributed by atoms with E-state index < -0.39 is 6.10 Å². The molecule has 0 spiro atoms. The van der Waals surface area contributed by atoms with Crippen LogP contribution in [0.5, 0.6) is 11.5 Å². The second-order valence-corrected chi connectivity index (χ2v) is 8.07. The van der Waals surface area contributed by atoms with E-state index in [0.717, 1.165) is 22.6 Å². The van der Waals surface area contributed by atoms with Gasteiger partial charge in [0.15, 0.2) is 0 Å². The zero-order valence-electron chi connectivity index (χ0n) is 15.9. The Labute approximate surface area is 141 Å². The van der Waals surface area contributed by atoms with Crippen molar-refractivity contribution in [2.24, 2.45) is 0 Å². The molecule has 1 aromatic rings. The Kier molecular flexibility index (Phi) is 6.49. The Morgan fingerprint density at radius 2 is 1.52 bits per heavy atom. The second-order valence-electron chi connectivity index (χ2n) is 8.07. The summed E-state index contributed by atoms with van der Waals surface area (Å²) >= 11 is 0. The third kappa shape index (κ3) is 5.40. The van der Waals surface area contributed by atoms with E-state index in [1.54, 1.807) is 7.11 Å². The maximum atomic E-state index is 9.99. The summed E-state index contributed by atoms with van der Waals surface area (Å²) in [5.74, 6) is 1.70. The lowest BCUT2D eigenvalue weighted by atomic mass is 9.79. The van der Waals surface area contributed by atoms with Crippen molar-refractivity contribution in [3.63, 3.8) is 0 Å². The fourth-order valence-corrected chi connectivity index (χ4v) is 2.46. The number of hydrogen-bond acceptors (Lipinski definition) is 4. The zero-order chi connectivity index (χ0) is 17.8. The van der Waals surface area contributed by atoms with Crippen LogP contribution >= 0.6 is 0 Å². The smallest absolute Gasteiger partial charge is 0.127 e. The van der Waals surface area contributed by atoms with Gasteiger partial charge in [-0.25, -0.2) is 0 Å². The van der Waals surface area contributed by atoms with Crippen molar-refractivity contribution in [3.05, 3.63) is 23.3 Å². The van der Waals surface area contributed by atoms with Gasteiger partial charge in [-0.3, -0.25) is 0 Å². The maximum Gasteiger partial charge on any atom is 0.127 e. The van der Waals surface area contributed by atoms with Crippen molar-refractivity contribution in [2.75, 3.05) is 27.3 Å². The molecule has 23 heavy (non-hydrogen) atoms. The molecule has 0 radical (unpaired) electrons. The first-order valence-corrected chi connectivity index (χ1v) is 8.19. The molecule has 0 heterocycles. The number of rotatable bonds is 6. The van der Waals surface area contributed by atoms with Crippen LogP contribution in [0.4, 0.5) is 0 Å². The molecule has 0 bridgehead atoms. The van der Waals surface area contributed by atoms with Gasteiger partial charge in [0, 0.05) is 17.7 Å². The first kappa shape index (κ1) is 19.8. The average Bonchev–Trinajstić information content (AvgIpc) is 2.42. The molecule has 4 nitrogen and oxygen atoms in total. The van der Waals surface area contributed by atoms with Crippen molar-refractivity contribution >= 4 is 0 Å². The van der Waals surface area contributed by atoms with Gasteiger partial charge in [-0.15, -0.1) is 0 Å². The summed E-state index contributed by atoms with van der Waals surface area (Å²) in [6, 6.07) is 4.07. The first-order valence-electron chi connectivity index (χ1n) is 8.19.